The molecular weight excluding hydrogens is 382 g/mol. The summed E-state index contributed by atoms with van der Waals surface area (Å²) in [6.07, 6.45) is 3.98. The van der Waals surface area contributed by atoms with Crippen molar-refractivity contribution in [3.63, 3.8) is 0 Å². The Bertz CT molecular complexity index is 948. The number of hydrazone groups is 1. The van der Waals surface area contributed by atoms with E-state index in [-0.39, 0.29) is 17.9 Å². The van der Waals surface area contributed by atoms with E-state index in [0.717, 1.165) is 22.4 Å². The first kappa shape index (κ1) is 20.0. The number of nitrogens with one attached hydrogen (secondary N) is 1. The number of hydrogen-bond donors (Lipinski definition) is 1. The molecule has 156 valence electrons. The second kappa shape index (κ2) is 8.62. The van der Waals surface area contributed by atoms with E-state index in [1.165, 1.54) is 5.01 Å². The van der Waals surface area contributed by atoms with Gasteiger partial charge in [0.15, 0.2) is 0 Å². The number of ether oxygens (including phenoxy) is 1. The van der Waals surface area contributed by atoms with Crippen molar-refractivity contribution in [1.29, 1.82) is 0 Å². The number of nitrogens with zero attached hydrogens (tertiary/aromatic N) is 4. The molecule has 2 aliphatic heterocycles. The number of fused-ring (bicyclic) bond motifs is 1. The van der Waals surface area contributed by atoms with Crippen LogP contribution in [0.3, 0.4) is 0 Å². The highest BCUT2D eigenvalue weighted by Gasteiger charge is 2.27. The smallest absolute Gasteiger partial charge is 0.322 e. The molecular formula is C22H25N5O3. The lowest BCUT2D eigenvalue weighted by molar-refractivity contribution is -0.133. The van der Waals surface area contributed by atoms with Gasteiger partial charge in [-0.2, -0.15) is 5.10 Å². The van der Waals surface area contributed by atoms with Crippen molar-refractivity contribution >= 4 is 23.3 Å². The van der Waals surface area contributed by atoms with Gasteiger partial charge in [0, 0.05) is 50.6 Å². The summed E-state index contributed by atoms with van der Waals surface area (Å²) in [5.41, 5.74) is 4.74. The van der Waals surface area contributed by atoms with Crippen LogP contribution in [0.5, 0.6) is 0 Å². The highest BCUT2D eigenvalue weighted by molar-refractivity contribution is 6.06. The third-order valence-corrected chi connectivity index (χ3v) is 5.42. The molecule has 4 rings (SSSR count). The van der Waals surface area contributed by atoms with Gasteiger partial charge in [-0.3, -0.25) is 9.78 Å². The monoisotopic (exact) mass is 407 g/mol. The van der Waals surface area contributed by atoms with Crippen LogP contribution in [0.15, 0.2) is 47.8 Å². The first-order chi connectivity index (χ1) is 14.5. The zero-order valence-electron chi connectivity index (χ0n) is 17.2. The van der Waals surface area contributed by atoms with E-state index in [4.69, 9.17) is 4.74 Å². The molecule has 1 aromatic carbocycles. The minimum Gasteiger partial charge on any atom is -0.383 e. The van der Waals surface area contributed by atoms with Gasteiger partial charge in [0.1, 0.15) is 0 Å². The molecule has 0 aliphatic carbocycles. The molecule has 3 heterocycles. The van der Waals surface area contributed by atoms with Gasteiger partial charge in [-0.25, -0.2) is 9.80 Å². The number of methoxy groups -OCH3 is 1. The molecule has 3 amide bonds. The molecule has 0 radical (unpaired) electrons. The molecule has 0 saturated heterocycles. The largest absolute Gasteiger partial charge is 0.383 e. The van der Waals surface area contributed by atoms with E-state index in [0.29, 0.717) is 38.3 Å². The van der Waals surface area contributed by atoms with Crippen molar-refractivity contribution in [3.8, 4) is 0 Å². The Hall–Kier alpha value is -3.26. The molecule has 1 N–H and O–H groups in total. The Kier molecular flexibility index (Phi) is 5.76. The Morgan fingerprint density at radius 3 is 2.70 bits per heavy atom. The van der Waals surface area contributed by atoms with Crippen molar-refractivity contribution in [3.05, 3.63) is 59.4 Å². The summed E-state index contributed by atoms with van der Waals surface area (Å²) in [4.78, 5) is 30.7. The number of pyridine rings is 1. The third kappa shape index (κ3) is 4.18. The summed E-state index contributed by atoms with van der Waals surface area (Å²) in [6, 6.07) is 9.39. The zero-order chi connectivity index (χ0) is 21.1. The summed E-state index contributed by atoms with van der Waals surface area (Å²) < 4.78 is 5.07. The van der Waals surface area contributed by atoms with E-state index < -0.39 is 0 Å². The number of urea groups is 1. The fraction of sp³-hybridized carbons (Fsp3) is 0.364. The Labute approximate surface area is 175 Å². The number of anilines is 1. The van der Waals surface area contributed by atoms with E-state index in [1.807, 2.05) is 43.5 Å². The van der Waals surface area contributed by atoms with Crippen LogP contribution in [0, 0.1) is 5.92 Å². The number of rotatable bonds is 5. The molecule has 30 heavy (non-hydrogen) atoms. The minimum absolute atomic E-state index is 0.00833. The number of carbonyl (C=O) groups is 2. The molecule has 2 aliphatic rings. The molecule has 8 heteroatoms. The number of aromatic nitrogens is 1. The summed E-state index contributed by atoms with van der Waals surface area (Å²) in [5, 5.41) is 8.98. The van der Waals surface area contributed by atoms with Crippen molar-refractivity contribution in [2.24, 2.45) is 11.0 Å². The van der Waals surface area contributed by atoms with E-state index >= 15 is 0 Å². The first-order valence-corrected chi connectivity index (χ1v) is 10.0. The maximum Gasteiger partial charge on any atom is 0.322 e. The third-order valence-electron chi connectivity index (χ3n) is 5.42. The Morgan fingerprint density at radius 2 is 1.97 bits per heavy atom. The van der Waals surface area contributed by atoms with E-state index in [2.05, 4.69) is 15.4 Å². The quantitative estimate of drug-likeness (QED) is 0.826. The highest BCUT2D eigenvalue weighted by atomic mass is 16.5. The molecule has 2 aromatic rings. The molecule has 0 unspecified atom stereocenters. The van der Waals surface area contributed by atoms with Crippen LogP contribution in [0.2, 0.25) is 0 Å². The standard InChI is InChI=1S/C22H25N5O3/c1-15-11-20(28)27(9-10-30-2)25-21(15)16-3-5-19(6-4-16)24-22(29)26-13-17-7-8-23-12-18(17)14-26/h3-8,12,15H,9-11,13-14H2,1-2H3,(H,24,29)/t15-/m0/s1. The predicted octanol–water partition coefficient (Wildman–Crippen LogP) is 2.85. The number of carbonyl (C=O) groups excluding carboxylic acids is 2. The molecule has 1 atom stereocenters. The average molecular weight is 407 g/mol. The van der Waals surface area contributed by atoms with Crippen LogP contribution >= 0.6 is 0 Å². The van der Waals surface area contributed by atoms with Crippen LogP contribution < -0.4 is 5.32 Å². The summed E-state index contributed by atoms with van der Waals surface area (Å²) in [6.45, 7) is 4.03. The van der Waals surface area contributed by atoms with Gasteiger partial charge in [-0.1, -0.05) is 19.1 Å². The van der Waals surface area contributed by atoms with Crippen LogP contribution in [0.4, 0.5) is 10.5 Å². The van der Waals surface area contributed by atoms with Crippen molar-refractivity contribution < 1.29 is 14.3 Å². The Balaban J connectivity index is 1.42. The van der Waals surface area contributed by atoms with Crippen LogP contribution in [-0.2, 0) is 22.6 Å². The van der Waals surface area contributed by atoms with Gasteiger partial charge in [0.05, 0.1) is 18.9 Å². The molecule has 0 saturated carbocycles. The SMILES string of the molecule is COCCN1N=C(c2ccc(NC(=O)N3Cc4ccncc4C3)cc2)[C@@H](C)CC1=O. The normalized spacial score (nSPS) is 18.3. The van der Waals surface area contributed by atoms with Gasteiger partial charge in [-0.05, 0) is 34.9 Å². The van der Waals surface area contributed by atoms with Gasteiger partial charge in [0.2, 0.25) is 5.91 Å². The molecule has 1 aromatic heterocycles. The topological polar surface area (TPSA) is 87.1 Å². The van der Waals surface area contributed by atoms with E-state index in [1.54, 1.807) is 18.2 Å². The second-order valence-corrected chi connectivity index (χ2v) is 7.61. The number of benzene rings is 1. The van der Waals surface area contributed by atoms with Crippen LogP contribution in [0.25, 0.3) is 0 Å². The maximum atomic E-state index is 12.6. The van der Waals surface area contributed by atoms with Crippen LogP contribution in [0.1, 0.15) is 30.0 Å². The summed E-state index contributed by atoms with van der Waals surface area (Å²) >= 11 is 0. The lowest BCUT2D eigenvalue weighted by Gasteiger charge is -2.27. The Morgan fingerprint density at radius 1 is 1.20 bits per heavy atom. The second-order valence-electron chi connectivity index (χ2n) is 7.61. The predicted molar refractivity (Wildman–Crippen MR) is 113 cm³/mol. The fourth-order valence-corrected chi connectivity index (χ4v) is 3.73. The maximum absolute atomic E-state index is 12.6. The number of amides is 3. The highest BCUT2D eigenvalue weighted by Crippen LogP contribution is 2.24. The molecule has 8 nitrogen and oxygen atoms in total. The lowest BCUT2D eigenvalue weighted by Crippen LogP contribution is -2.38. The molecule has 0 fully saturated rings. The van der Waals surface area contributed by atoms with Gasteiger partial charge >= 0.3 is 6.03 Å². The summed E-state index contributed by atoms with van der Waals surface area (Å²) in [5.74, 6) is 0.0439. The lowest BCUT2D eigenvalue weighted by atomic mass is 9.93. The fourth-order valence-electron chi connectivity index (χ4n) is 3.73. The van der Waals surface area contributed by atoms with Gasteiger partial charge in [0.25, 0.3) is 0 Å². The minimum atomic E-state index is -0.140. The average Bonchev–Trinajstić information content (AvgIpc) is 3.18. The number of hydrogen-bond acceptors (Lipinski definition) is 5. The van der Waals surface area contributed by atoms with E-state index in [9.17, 15) is 9.59 Å². The molecule has 0 spiro atoms. The van der Waals surface area contributed by atoms with Crippen molar-refractivity contribution in [2.45, 2.75) is 26.4 Å². The van der Waals surface area contributed by atoms with Crippen LogP contribution in [-0.4, -0.2) is 52.8 Å². The zero-order valence-corrected chi connectivity index (χ0v) is 17.2. The van der Waals surface area contributed by atoms with Crippen molar-refractivity contribution in [2.75, 3.05) is 25.6 Å². The molecule has 0 bridgehead atoms. The van der Waals surface area contributed by atoms with Gasteiger partial charge < -0.3 is 15.0 Å². The van der Waals surface area contributed by atoms with Crippen molar-refractivity contribution in [1.82, 2.24) is 14.9 Å². The first-order valence-electron chi connectivity index (χ1n) is 10.0. The van der Waals surface area contributed by atoms with Gasteiger partial charge in [-0.15, -0.1) is 0 Å². The summed E-state index contributed by atoms with van der Waals surface area (Å²) in [7, 11) is 1.60.